The molecule has 0 fully saturated rings. The number of rotatable bonds is 7. The van der Waals surface area contributed by atoms with Crippen LogP contribution in [0.3, 0.4) is 0 Å². The molecule has 1 N–H and O–H groups in total. The Morgan fingerprint density at radius 2 is 2.05 bits per heavy atom. The van der Waals surface area contributed by atoms with E-state index >= 15 is 0 Å². The highest BCUT2D eigenvalue weighted by Crippen LogP contribution is 2.29. The van der Waals surface area contributed by atoms with E-state index in [0.717, 1.165) is 30.6 Å². The number of hydrogen-bond donors (Lipinski definition) is 1. The summed E-state index contributed by atoms with van der Waals surface area (Å²) in [5.74, 6) is 0.769. The van der Waals surface area contributed by atoms with Crippen molar-refractivity contribution in [3.05, 3.63) is 23.8 Å². The summed E-state index contributed by atoms with van der Waals surface area (Å²) in [6.07, 6.45) is 2.19. The van der Waals surface area contributed by atoms with E-state index in [2.05, 4.69) is 0 Å². The molecular formula is C15H23NO4S. The van der Waals surface area contributed by atoms with Gasteiger partial charge in [0.15, 0.2) is 0 Å². The van der Waals surface area contributed by atoms with Crippen molar-refractivity contribution in [2.45, 2.75) is 44.0 Å². The first-order chi connectivity index (χ1) is 10.0. The summed E-state index contributed by atoms with van der Waals surface area (Å²) >= 11 is 0. The zero-order valence-electron chi connectivity index (χ0n) is 12.6. The van der Waals surface area contributed by atoms with Gasteiger partial charge in [0, 0.05) is 19.0 Å². The summed E-state index contributed by atoms with van der Waals surface area (Å²) < 4.78 is 32.5. The molecule has 0 unspecified atom stereocenters. The van der Waals surface area contributed by atoms with Crippen LogP contribution in [0.4, 0.5) is 0 Å². The quantitative estimate of drug-likeness (QED) is 0.833. The average Bonchev–Trinajstić information content (AvgIpc) is 2.94. The number of fused-ring (bicyclic) bond motifs is 1. The van der Waals surface area contributed by atoms with Crippen LogP contribution in [0.2, 0.25) is 0 Å². The Hall–Kier alpha value is -1.11. The van der Waals surface area contributed by atoms with Crippen LogP contribution in [0, 0.1) is 0 Å². The molecule has 1 heterocycles. The van der Waals surface area contributed by atoms with Crippen molar-refractivity contribution < 1.29 is 18.3 Å². The molecule has 0 saturated heterocycles. The van der Waals surface area contributed by atoms with Gasteiger partial charge < -0.3 is 9.84 Å². The Kier molecular flexibility index (Phi) is 5.24. The summed E-state index contributed by atoms with van der Waals surface area (Å²) in [6.45, 7) is 4.48. The second-order valence-corrected chi connectivity index (χ2v) is 7.07. The van der Waals surface area contributed by atoms with Crippen molar-refractivity contribution in [2.24, 2.45) is 0 Å². The molecule has 118 valence electrons. The SMILES string of the molecule is CCC(CC)N(CCO)S(=O)(=O)c1ccc2c(c1)CCO2. The van der Waals surface area contributed by atoms with Gasteiger partial charge in [-0.25, -0.2) is 8.42 Å². The van der Waals surface area contributed by atoms with Crippen LogP contribution in [-0.2, 0) is 16.4 Å². The largest absolute Gasteiger partial charge is 0.493 e. The van der Waals surface area contributed by atoms with Gasteiger partial charge in [0.25, 0.3) is 0 Å². The maximum atomic E-state index is 12.9. The highest BCUT2D eigenvalue weighted by molar-refractivity contribution is 7.89. The molecule has 1 aromatic carbocycles. The van der Waals surface area contributed by atoms with Crippen LogP contribution in [0.5, 0.6) is 5.75 Å². The molecule has 0 spiro atoms. The molecule has 0 aliphatic carbocycles. The minimum atomic E-state index is -3.59. The van der Waals surface area contributed by atoms with E-state index in [1.807, 2.05) is 13.8 Å². The highest BCUT2D eigenvalue weighted by Gasteiger charge is 2.30. The Balaban J connectivity index is 2.38. The third kappa shape index (κ3) is 3.22. The monoisotopic (exact) mass is 313 g/mol. The van der Waals surface area contributed by atoms with E-state index in [1.54, 1.807) is 18.2 Å². The summed E-state index contributed by atoms with van der Waals surface area (Å²) in [4.78, 5) is 0.284. The van der Waals surface area contributed by atoms with Gasteiger partial charge in [0.1, 0.15) is 5.75 Å². The maximum absolute atomic E-state index is 12.9. The van der Waals surface area contributed by atoms with Crippen molar-refractivity contribution in [3.63, 3.8) is 0 Å². The van der Waals surface area contributed by atoms with Crippen LogP contribution in [0.15, 0.2) is 23.1 Å². The Morgan fingerprint density at radius 1 is 1.33 bits per heavy atom. The Bertz CT molecular complexity index is 581. The van der Waals surface area contributed by atoms with E-state index < -0.39 is 10.0 Å². The van der Waals surface area contributed by atoms with Gasteiger partial charge in [-0.1, -0.05) is 13.8 Å². The Labute approximate surface area is 126 Å². The smallest absolute Gasteiger partial charge is 0.243 e. The van der Waals surface area contributed by atoms with E-state index in [9.17, 15) is 13.5 Å². The predicted molar refractivity (Wildman–Crippen MR) is 81.0 cm³/mol. The second kappa shape index (κ2) is 6.77. The van der Waals surface area contributed by atoms with E-state index in [1.165, 1.54) is 4.31 Å². The molecule has 1 aliphatic rings. The summed E-state index contributed by atoms with van der Waals surface area (Å²) in [5.41, 5.74) is 0.935. The summed E-state index contributed by atoms with van der Waals surface area (Å²) in [6, 6.07) is 4.92. The van der Waals surface area contributed by atoms with Crippen LogP contribution in [-0.4, -0.2) is 43.6 Å². The van der Waals surface area contributed by atoms with Crippen LogP contribution in [0.25, 0.3) is 0 Å². The van der Waals surface area contributed by atoms with Crippen LogP contribution in [0.1, 0.15) is 32.3 Å². The van der Waals surface area contributed by atoms with Gasteiger partial charge in [-0.05, 0) is 36.6 Å². The molecule has 0 radical (unpaired) electrons. The van der Waals surface area contributed by atoms with Gasteiger partial charge in [0.2, 0.25) is 10.0 Å². The predicted octanol–water partition coefficient (Wildman–Crippen LogP) is 1.79. The average molecular weight is 313 g/mol. The fraction of sp³-hybridized carbons (Fsp3) is 0.600. The van der Waals surface area contributed by atoms with Gasteiger partial charge in [-0.2, -0.15) is 4.31 Å². The standard InChI is InChI=1S/C15H23NO4S/c1-3-13(4-2)16(8-9-17)21(18,19)14-5-6-15-12(11-14)7-10-20-15/h5-6,11,13,17H,3-4,7-10H2,1-2H3. The number of hydrogen-bond acceptors (Lipinski definition) is 4. The Morgan fingerprint density at radius 3 is 2.67 bits per heavy atom. The lowest BCUT2D eigenvalue weighted by atomic mass is 10.2. The van der Waals surface area contributed by atoms with Crippen molar-refractivity contribution in [1.29, 1.82) is 0 Å². The van der Waals surface area contributed by atoms with Crippen LogP contribution >= 0.6 is 0 Å². The molecule has 0 bridgehead atoms. The molecule has 1 aliphatic heterocycles. The normalized spacial score (nSPS) is 14.5. The molecule has 6 heteroatoms. The molecule has 1 aromatic rings. The fourth-order valence-electron chi connectivity index (χ4n) is 2.75. The van der Waals surface area contributed by atoms with Gasteiger partial charge in [-0.3, -0.25) is 0 Å². The third-order valence-electron chi connectivity index (χ3n) is 3.94. The zero-order chi connectivity index (χ0) is 15.5. The number of aliphatic hydroxyl groups is 1. The number of sulfonamides is 1. The maximum Gasteiger partial charge on any atom is 0.243 e. The fourth-order valence-corrected chi connectivity index (χ4v) is 4.57. The molecule has 0 amide bonds. The summed E-state index contributed by atoms with van der Waals surface area (Å²) in [5, 5.41) is 9.22. The van der Waals surface area contributed by atoms with Gasteiger partial charge in [-0.15, -0.1) is 0 Å². The number of ether oxygens (including phenoxy) is 1. The van der Waals surface area contributed by atoms with Crippen LogP contribution < -0.4 is 4.74 Å². The molecule has 0 saturated carbocycles. The molecule has 0 atom stereocenters. The van der Waals surface area contributed by atoms with Crippen molar-refractivity contribution in [1.82, 2.24) is 4.31 Å². The number of benzene rings is 1. The number of nitrogens with zero attached hydrogens (tertiary/aromatic N) is 1. The van der Waals surface area contributed by atoms with Gasteiger partial charge in [0.05, 0.1) is 18.1 Å². The molecule has 5 nitrogen and oxygen atoms in total. The lowest BCUT2D eigenvalue weighted by molar-refractivity contribution is 0.219. The van der Waals surface area contributed by atoms with E-state index in [4.69, 9.17) is 4.74 Å². The topological polar surface area (TPSA) is 66.8 Å². The zero-order valence-corrected chi connectivity index (χ0v) is 13.4. The first-order valence-corrected chi connectivity index (χ1v) is 8.87. The minimum Gasteiger partial charge on any atom is -0.493 e. The second-order valence-electron chi connectivity index (χ2n) is 5.18. The van der Waals surface area contributed by atoms with Crippen molar-refractivity contribution in [2.75, 3.05) is 19.8 Å². The first-order valence-electron chi connectivity index (χ1n) is 7.43. The molecular weight excluding hydrogens is 290 g/mol. The lowest BCUT2D eigenvalue weighted by Crippen LogP contribution is -2.41. The molecule has 0 aromatic heterocycles. The van der Waals surface area contributed by atoms with E-state index in [-0.39, 0.29) is 24.1 Å². The van der Waals surface area contributed by atoms with E-state index in [0.29, 0.717) is 6.61 Å². The lowest BCUT2D eigenvalue weighted by Gasteiger charge is -2.29. The van der Waals surface area contributed by atoms with Crippen molar-refractivity contribution in [3.8, 4) is 5.75 Å². The third-order valence-corrected chi connectivity index (χ3v) is 5.89. The van der Waals surface area contributed by atoms with Gasteiger partial charge >= 0.3 is 0 Å². The number of aliphatic hydroxyl groups excluding tert-OH is 1. The molecule has 21 heavy (non-hydrogen) atoms. The van der Waals surface area contributed by atoms with Crippen molar-refractivity contribution >= 4 is 10.0 Å². The first kappa shape index (κ1) is 16.3. The summed E-state index contributed by atoms with van der Waals surface area (Å²) in [7, 11) is -3.59. The molecule has 2 rings (SSSR count). The highest BCUT2D eigenvalue weighted by atomic mass is 32.2. The minimum absolute atomic E-state index is 0.0911.